The number of carbonyl (C=O) groups is 2. The van der Waals surface area contributed by atoms with Crippen LogP contribution in [0.25, 0.3) is 0 Å². The molecule has 0 saturated carbocycles. The lowest BCUT2D eigenvalue weighted by Crippen LogP contribution is -2.38. The first-order chi connectivity index (χ1) is 11.1. The summed E-state index contributed by atoms with van der Waals surface area (Å²) < 4.78 is 5.63. The zero-order valence-electron chi connectivity index (χ0n) is 13.4. The number of amides is 1. The van der Waals surface area contributed by atoms with E-state index in [4.69, 9.17) is 0 Å². The molecule has 0 aromatic heterocycles. The van der Waals surface area contributed by atoms with Gasteiger partial charge in [0.2, 0.25) is 5.91 Å². The third-order valence-corrected chi connectivity index (χ3v) is 4.68. The Hall–Kier alpha value is -1.40. The van der Waals surface area contributed by atoms with Crippen molar-refractivity contribution in [2.24, 2.45) is 5.92 Å². The second-order valence-corrected chi connectivity index (χ2v) is 6.71. The lowest BCUT2D eigenvalue weighted by atomic mass is 9.95. The number of hydrogen-bond acceptors (Lipinski definition) is 4. The van der Waals surface area contributed by atoms with E-state index in [0.29, 0.717) is 6.42 Å². The number of halogens is 1. The lowest BCUT2D eigenvalue weighted by molar-refractivity contribution is -0.140. The highest BCUT2D eigenvalue weighted by molar-refractivity contribution is 9.10. The smallest absolute Gasteiger partial charge is 0.305 e. The first-order valence-electron chi connectivity index (χ1n) is 7.94. The quantitative estimate of drug-likeness (QED) is 0.768. The van der Waals surface area contributed by atoms with E-state index in [-0.39, 0.29) is 17.8 Å². The van der Waals surface area contributed by atoms with Gasteiger partial charge in [-0.25, -0.2) is 0 Å². The van der Waals surface area contributed by atoms with Crippen LogP contribution >= 0.6 is 15.9 Å². The van der Waals surface area contributed by atoms with Crippen LogP contribution in [-0.2, 0) is 14.3 Å². The molecule has 5 nitrogen and oxygen atoms in total. The van der Waals surface area contributed by atoms with E-state index in [1.54, 1.807) is 0 Å². The van der Waals surface area contributed by atoms with E-state index < -0.39 is 0 Å². The number of piperidine rings is 1. The Bertz CT molecular complexity index is 525. The van der Waals surface area contributed by atoms with E-state index in [1.807, 2.05) is 24.3 Å². The van der Waals surface area contributed by atoms with Crippen LogP contribution in [-0.4, -0.2) is 43.5 Å². The summed E-state index contributed by atoms with van der Waals surface area (Å²) in [5.41, 5.74) is 0.832. The summed E-state index contributed by atoms with van der Waals surface area (Å²) >= 11 is 3.38. The fourth-order valence-electron chi connectivity index (χ4n) is 2.75. The van der Waals surface area contributed by atoms with E-state index in [1.165, 1.54) is 7.11 Å². The second-order valence-electron chi connectivity index (χ2n) is 5.79. The summed E-state index contributed by atoms with van der Waals surface area (Å²) in [5.74, 6) is 0.00537. The molecular formula is C17H23BrN2O3. The van der Waals surface area contributed by atoms with Crippen LogP contribution in [0.3, 0.4) is 0 Å². The van der Waals surface area contributed by atoms with Crippen LogP contribution < -0.4 is 5.32 Å². The van der Waals surface area contributed by atoms with Crippen LogP contribution in [0.5, 0.6) is 0 Å². The summed E-state index contributed by atoms with van der Waals surface area (Å²) in [5, 5.41) is 2.98. The Labute approximate surface area is 145 Å². The molecule has 0 spiro atoms. The molecule has 1 aliphatic heterocycles. The van der Waals surface area contributed by atoms with Gasteiger partial charge in [0.25, 0.3) is 0 Å². The van der Waals surface area contributed by atoms with Gasteiger partial charge in [-0.05, 0) is 63.2 Å². The van der Waals surface area contributed by atoms with Crippen LogP contribution in [0.2, 0.25) is 0 Å². The van der Waals surface area contributed by atoms with Gasteiger partial charge >= 0.3 is 5.97 Å². The van der Waals surface area contributed by atoms with Gasteiger partial charge in [0.05, 0.1) is 7.11 Å². The average Bonchev–Trinajstić information content (AvgIpc) is 2.57. The van der Waals surface area contributed by atoms with Crippen LogP contribution in [0, 0.1) is 5.92 Å². The van der Waals surface area contributed by atoms with Gasteiger partial charge in [-0.3, -0.25) is 9.59 Å². The van der Waals surface area contributed by atoms with E-state index in [2.05, 4.69) is 30.9 Å². The number of likely N-dealkylation sites (tertiary alicyclic amines) is 1. The van der Waals surface area contributed by atoms with Crippen molar-refractivity contribution in [3.8, 4) is 0 Å². The molecule has 1 fully saturated rings. The molecule has 1 N–H and O–H groups in total. The summed E-state index contributed by atoms with van der Waals surface area (Å²) in [6.07, 6.45) is 2.99. The van der Waals surface area contributed by atoms with Crippen molar-refractivity contribution >= 4 is 33.5 Å². The Morgan fingerprint density at radius 1 is 1.26 bits per heavy atom. The molecular weight excluding hydrogens is 360 g/mol. The third kappa shape index (κ3) is 5.95. The van der Waals surface area contributed by atoms with Crippen molar-refractivity contribution < 1.29 is 14.3 Å². The monoisotopic (exact) mass is 382 g/mol. The predicted molar refractivity (Wildman–Crippen MR) is 93.2 cm³/mol. The fraction of sp³-hybridized carbons (Fsp3) is 0.529. The maximum absolute atomic E-state index is 12.3. The van der Waals surface area contributed by atoms with E-state index >= 15 is 0 Å². The number of esters is 1. The Morgan fingerprint density at radius 2 is 1.91 bits per heavy atom. The Balaban J connectivity index is 1.70. The lowest BCUT2D eigenvalue weighted by Gasteiger charge is -2.31. The highest BCUT2D eigenvalue weighted by atomic mass is 79.9. The van der Waals surface area contributed by atoms with Gasteiger partial charge in [-0.15, -0.1) is 0 Å². The number of nitrogens with zero attached hydrogens (tertiary/aromatic N) is 1. The fourth-order valence-corrected chi connectivity index (χ4v) is 3.01. The molecule has 126 valence electrons. The summed E-state index contributed by atoms with van der Waals surface area (Å²) in [6.45, 7) is 2.69. The number of rotatable bonds is 6. The highest BCUT2D eigenvalue weighted by Gasteiger charge is 2.24. The van der Waals surface area contributed by atoms with Gasteiger partial charge in [0, 0.05) is 22.5 Å². The number of methoxy groups -OCH3 is 1. The number of ether oxygens (including phenoxy) is 1. The topological polar surface area (TPSA) is 58.6 Å². The standard InChI is InChI=1S/C17H23BrN2O3/c1-23-16(21)3-2-10-20-11-8-13(9-12-20)17(22)19-15-6-4-14(18)5-7-15/h4-7,13H,2-3,8-12H2,1H3,(H,19,22). The molecule has 1 amide bonds. The minimum atomic E-state index is -0.159. The maximum atomic E-state index is 12.3. The maximum Gasteiger partial charge on any atom is 0.305 e. The first-order valence-corrected chi connectivity index (χ1v) is 8.73. The number of anilines is 1. The summed E-state index contributed by atoms with van der Waals surface area (Å²) in [6, 6.07) is 7.62. The normalized spacial score (nSPS) is 16.1. The van der Waals surface area contributed by atoms with Crippen molar-refractivity contribution in [2.45, 2.75) is 25.7 Å². The molecule has 0 atom stereocenters. The van der Waals surface area contributed by atoms with Gasteiger partial charge in [0.1, 0.15) is 0 Å². The molecule has 0 aliphatic carbocycles. The predicted octanol–water partition coefficient (Wildman–Crippen LogP) is 3.05. The second kappa shape index (κ2) is 9.03. The number of carbonyl (C=O) groups excluding carboxylic acids is 2. The molecule has 6 heteroatoms. The highest BCUT2D eigenvalue weighted by Crippen LogP contribution is 2.21. The Kier molecular flexibility index (Phi) is 7.05. The molecule has 2 rings (SSSR count). The van der Waals surface area contributed by atoms with Crippen LogP contribution in [0.1, 0.15) is 25.7 Å². The minimum absolute atomic E-state index is 0.0653. The van der Waals surface area contributed by atoms with Crippen LogP contribution in [0.4, 0.5) is 5.69 Å². The van der Waals surface area contributed by atoms with E-state index in [9.17, 15) is 9.59 Å². The van der Waals surface area contributed by atoms with Gasteiger partial charge < -0.3 is 15.0 Å². The molecule has 0 unspecified atom stereocenters. The van der Waals surface area contributed by atoms with Crippen molar-refractivity contribution in [1.29, 1.82) is 0 Å². The van der Waals surface area contributed by atoms with E-state index in [0.717, 1.165) is 49.1 Å². The third-order valence-electron chi connectivity index (χ3n) is 4.15. The molecule has 0 bridgehead atoms. The molecule has 23 heavy (non-hydrogen) atoms. The summed E-state index contributed by atoms with van der Waals surface area (Å²) in [7, 11) is 1.41. The minimum Gasteiger partial charge on any atom is -0.469 e. The zero-order chi connectivity index (χ0) is 16.7. The molecule has 1 aliphatic rings. The largest absolute Gasteiger partial charge is 0.469 e. The van der Waals surface area contributed by atoms with Crippen molar-refractivity contribution in [3.05, 3.63) is 28.7 Å². The first kappa shape index (κ1) is 17.9. The molecule has 1 aromatic carbocycles. The number of hydrogen-bond donors (Lipinski definition) is 1. The Morgan fingerprint density at radius 3 is 2.52 bits per heavy atom. The van der Waals surface area contributed by atoms with Gasteiger partial charge in [-0.2, -0.15) is 0 Å². The molecule has 1 heterocycles. The van der Waals surface area contributed by atoms with Gasteiger partial charge in [0.15, 0.2) is 0 Å². The summed E-state index contributed by atoms with van der Waals surface area (Å²) in [4.78, 5) is 25.7. The number of nitrogens with one attached hydrogen (secondary N) is 1. The molecule has 0 radical (unpaired) electrons. The molecule has 1 saturated heterocycles. The molecule has 1 aromatic rings. The van der Waals surface area contributed by atoms with Crippen molar-refractivity contribution in [3.63, 3.8) is 0 Å². The van der Waals surface area contributed by atoms with Gasteiger partial charge in [-0.1, -0.05) is 15.9 Å². The SMILES string of the molecule is COC(=O)CCCN1CCC(C(=O)Nc2ccc(Br)cc2)CC1. The van der Waals surface area contributed by atoms with Crippen molar-refractivity contribution in [2.75, 3.05) is 32.1 Å². The number of benzene rings is 1. The van der Waals surface area contributed by atoms with Crippen LogP contribution in [0.15, 0.2) is 28.7 Å². The zero-order valence-corrected chi connectivity index (χ0v) is 15.0. The average molecular weight is 383 g/mol. The van der Waals surface area contributed by atoms with Crippen molar-refractivity contribution in [1.82, 2.24) is 4.90 Å².